The van der Waals surface area contributed by atoms with Crippen LogP contribution in [0.15, 0.2) is 23.3 Å². The molecule has 1 aromatic heterocycles. The molecule has 3 heteroatoms. The Morgan fingerprint density at radius 3 is 2.89 bits per heavy atom. The summed E-state index contributed by atoms with van der Waals surface area (Å²) in [6, 6.07) is 0. The third-order valence-corrected chi connectivity index (χ3v) is 5.16. The summed E-state index contributed by atoms with van der Waals surface area (Å²) in [6.07, 6.45) is 10.8. The molecule has 0 spiro atoms. The van der Waals surface area contributed by atoms with Gasteiger partial charge in [-0.05, 0) is 56.4 Å². The van der Waals surface area contributed by atoms with Crippen molar-refractivity contribution in [3.05, 3.63) is 35.8 Å². The Morgan fingerprint density at radius 2 is 2.28 bits per heavy atom. The second-order valence-electron chi connectivity index (χ2n) is 4.86. The molecule has 0 saturated heterocycles. The van der Waals surface area contributed by atoms with E-state index in [1.807, 2.05) is 18.6 Å². The number of Topliss-reactive ketones (excluding diaryl/α,β-unsaturated/α-hetero) is 1. The number of allylic oxidation sites excluding steroid dienone is 1. The monoisotopic (exact) mass is 264 g/mol. The van der Waals surface area contributed by atoms with E-state index in [0.29, 0.717) is 6.42 Å². The van der Waals surface area contributed by atoms with E-state index in [4.69, 9.17) is 4.42 Å². The van der Waals surface area contributed by atoms with E-state index in [0.717, 1.165) is 18.6 Å². The van der Waals surface area contributed by atoms with Crippen molar-refractivity contribution in [3.63, 3.8) is 0 Å². The molecule has 0 aromatic carbocycles. The zero-order valence-corrected chi connectivity index (χ0v) is 11.9. The normalized spacial score (nSPS) is 17.9. The van der Waals surface area contributed by atoms with Crippen LogP contribution in [0.2, 0.25) is 0 Å². The molecule has 0 saturated carbocycles. The minimum absolute atomic E-state index is 0.151. The Balaban J connectivity index is 2.51. The summed E-state index contributed by atoms with van der Waals surface area (Å²) in [5, 5.41) is 0. The maximum absolute atomic E-state index is 12.1. The SMILES string of the molecule is C=CCC(SC)(C(C)=O)c1occ2c1CCCC2. The Kier molecular flexibility index (Phi) is 4.00. The zero-order valence-electron chi connectivity index (χ0n) is 11.1. The average Bonchev–Trinajstić information content (AvgIpc) is 2.80. The summed E-state index contributed by atoms with van der Waals surface area (Å²) in [5.74, 6) is 1.02. The van der Waals surface area contributed by atoms with Crippen LogP contribution < -0.4 is 0 Å². The molecule has 1 aliphatic rings. The largest absolute Gasteiger partial charge is 0.467 e. The quantitative estimate of drug-likeness (QED) is 0.756. The van der Waals surface area contributed by atoms with Crippen molar-refractivity contribution in [3.8, 4) is 0 Å². The lowest BCUT2D eigenvalue weighted by atomic mass is 9.87. The van der Waals surface area contributed by atoms with Gasteiger partial charge in [0, 0.05) is 0 Å². The number of ketones is 1. The van der Waals surface area contributed by atoms with E-state index in [2.05, 4.69) is 6.58 Å². The molecule has 0 radical (unpaired) electrons. The molecule has 1 aromatic rings. The molecule has 1 aliphatic carbocycles. The van der Waals surface area contributed by atoms with Gasteiger partial charge in [-0.2, -0.15) is 0 Å². The highest BCUT2D eigenvalue weighted by molar-refractivity contribution is 8.00. The lowest BCUT2D eigenvalue weighted by molar-refractivity contribution is -0.119. The molecule has 98 valence electrons. The maximum Gasteiger partial charge on any atom is 0.153 e. The van der Waals surface area contributed by atoms with Gasteiger partial charge in [-0.1, -0.05) is 6.08 Å². The van der Waals surface area contributed by atoms with Crippen molar-refractivity contribution in [1.82, 2.24) is 0 Å². The fraction of sp³-hybridized carbons (Fsp3) is 0.533. The molecule has 0 bridgehead atoms. The molecular formula is C15H20O2S. The summed E-state index contributed by atoms with van der Waals surface area (Å²) in [5.41, 5.74) is 2.56. The fourth-order valence-corrected chi connectivity index (χ4v) is 3.71. The van der Waals surface area contributed by atoms with E-state index in [1.165, 1.54) is 24.0 Å². The molecule has 1 atom stereocenters. The number of carbonyl (C=O) groups is 1. The molecule has 0 aliphatic heterocycles. The highest BCUT2D eigenvalue weighted by Gasteiger charge is 2.41. The molecular weight excluding hydrogens is 244 g/mol. The van der Waals surface area contributed by atoms with Gasteiger partial charge in [-0.25, -0.2) is 0 Å². The number of fused-ring (bicyclic) bond motifs is 1. The van der Waals surface area contributed by atoms with Crippen LogP contribution in [0.25, 0.3) is 0 Å². The number of aryl methyl sites for hydroxylation is 1. The number of rotatable bonds is 5. The van der Waals surface area contributed by atoms with Gasteiger partial charge < -0.3 is 4.42 Å². The van der Waals surface area contributed by atoms with Crippen molar-refractivity contribution < 1.29 is 9.21 Å². The number of carbonyl (C=O) groups excluding carboxylic acids is 1. The van der Waals surface area contributed by atoms with Crippen LogP contribution in [0, 0.1) is 0 Å². The Morgan fingerprint density at radius 1 is 1.56 bits per heavy atom. The standard InChI is InChI=1S/C15H20O2S/c1-4-9-15(18-3,11(2)16)14-13-8-6-5-7-12(13)10-17-14/h4,10H,1,5-9H2,2-3H3. The topological polar surface area (TPSA) is 30.2 Å². The van der Waals surface area contributed by atoms with Gasteiger partial charge in [0.05, 0.1) is 6.26 Å². The van der Waals surface area contributed by atoms with Crippen LogP contribution in [0.4, 0.5) is 0 Å². The predicted molar refractivity (Wildman–Crippen MR) is 76.0 cm³/mol. The van der Waals surface area contributed by atoms with Gasteiger partial charge in [-0.3, -0.25) is 4.79 Å². The minimum Gasteiger partial charge on any atom is -0.467 e. The number of furan rings is 1. The maximum atomic E-state index is 12.1. The molecule has 2 nitrogen and oxygen atoms in total. The average molecular weight is 264 g/mol. The lowest BCUT2D eigenvalue weighted by Gasteiger charge is -2.28. The predicted octanol–water partition coefficient (Wildman–Crippen LogP) is 3.88. The Hall–Kier alpha value is -0.960. The van der Waals surface area contributed by atoms with Crippen molar-refractivity contribution in [1.29, 1.82) is 0 Å². The van der Waals surface area contributed by atoms with Crippen LogP contribution in [0.3, 0.4) is 0 Å². The van der Waals surface area contributed by atoms with Crippen molar-refractivity contribution in [2.75, 3.05) is 6.26 Å². The first-order valence-electron chi connectivity index (χ1n) is 6.42. The van der Waals surface area contributed by atoms with Gasteiger partial charge in [0.2, 0.25) is 0 Å². The first kappa shape index (κ1) is 13.5. The molecule has 0 amide bonds. The van der Waals surface area contributed by atoms with Crippen LogP contribution >= 0.6 is 11.8 Å². The smallest absolute Gasteiger partial charge is 0.153 e. The van der Waals surface area contributed by atoms with E-state index in [9.17, 15) is 4.79 Å². The number of hydrogen-bond acceptors (Lipinski definition) is 3. The molecule has 0 N–H and O–H groups in total. The summed E-state index contributed by atoms with van der Waals surface area (Å²) in [6.45, 7) is 5.44. The van der Waals surface area contributed by atoms with Gasteiger partial charge in [0.25, 0.3) is 0 Å². The first-order valence-corrected chi connectivity index (χ1v) is 7.65. The second kappa shape index (κ2) is 5.35. The van der Waals surface area contributed by atoms with E-state index >= 15 is 0 Å². The van der Waals surface area contributed by atoms with Gasteiger partial charge >= 0.3 is 0 Å². The van der Waals surface area contributed by atoms with E-state index < -0.39 is 4.75 Å². The first-order chi connectivity index (χ1) is 8.65. The molecule has 0 fully saturated rings. The molecule has 18 heavy (non-hydrogen) atoms. The summed E-state index contributed by atoms with van der Waals surface area (Å²) >= 11 is 1.57. The minimum atomic E-state index is -0.577. The number of hydrogen-bond donors (Lipinski definition) is 0. The van der Waals surface area contributed by atoms with Gasteiger partial charge in [0.1, 0.15) is 10.5 Å². The van der Waals surface area contributed by atoms with Crippen molar-refractivity contribution >= 4 is 17.5 Å². The van der Waals surface area contributed by atoms with Crippen LogP contribution in [0.1, 0.15) is 43.1 Å². The van der Waals surface area contributed by atoms with E-state index in [-0.39, 0.29) is 5.78 Å². The fourth-order valence-electron chi connectivity index (χ4n) is 2.78. The van der Waals surface area contributed by atoms with Crippen LogP contribution in [-0.4, -0.2) is 12.0 Å². The second-order valence-corrected chi connectivity index (χ2v) is 5.96. The van der Waals surface area contributed by atoms with Crippen LogP contribution in [0.5, 0.6) is 0 Å². The zero-order chi connectivity index (χ0) is 13.2. The van der Waals surface area contributed by atoms with E-state index in [1.54, 1.807) is 18.7 Å². The Bertz CT molecular complexity index is 461. The lowest BCUT2D eigenvalue weighted by Crippen LogP contribution is -2.30. The molecule has 1 heterocycles. The van der Waals surface area contributed by atoms with Crippen molar-refractivity contribution in [2.24, 2.45) is 0 Å². The van der Waals surface area contributed by atoms with Crippen LogP contribution in [-0.2, 0) is 22.4 Å². The Labute approximate surface area is 113 Å². The third-order valence-electron chi connectivity index (χ3n) is 3.82. The molecule has 2 rings (SSSR count). The third kappa shape index (κ3) is 2.05. The molecule has 1 unspecified atom stereocenters. The highest BCUT2D eigenvalue weighted by Crippen LogP contribution is 2.44. The number of thioether (sulfide) groups is 1. The van der Waals surface area contributed by atoms with Gasteiger partial charge in [0.15, 0.2) is 5.78 Å². The summed E-state index contributed by atoms with van der Waals surface area (Å²) in [4.78, 5) is 12.1. The van der Waals surface area contributed by atoms with Crippen molar-refractivity contribution in [2.45, 2.75) is 43.8 Å². The highest BCUT2D eigenvalue weighted by atomic mass is 32.2. The summed E-state index contributed by atoms with van der Waals surface area (Å²) in [7, 11) is 0. The van der Waals surface area contributed by atoms with Gasteiger partial charge in [-0.15, -0.1) is 18.3 Å². The summed E-state index contributed by atoms with van der Waals surface area (Å²) < 4.78 is 5.22.